The lowest BCUT2D eigenvalue weighted by atomic mass is 10.2. The van der Waals surface area contributed by atoms with Crippen LogP contribution in [0.25, 0.3) is 0 Å². The Bertz CT molecular complexity index is 734. The third-order valence-electron chi connectivity index (χ3n) is 5.45. The Morgan fingerprint density at radius 1 is 0.633 bits per heavy atom. The average molecular weight is 439 g/mol. The maximum absolute atomic E-state index is 5.27. The highest BCUT2D eigenvalue weighted by atomic mass is 32.2. The van der Waals surface area contributed by atoms with Crippen LogP contribution in [-0.4, -0.2) is 18.6 Å². The van der Waals surface area contributed by atoms with E-state index >= 15 is 0 Å². The van der Waals surface area contributed by atoms with Crippen LogP contribution in [0.1, 0.15) is 25.7 Å². The largest absolute Gasteiger partial charge is 0.307 e. The van der Waals surface area contributed by atoms with Crippen LogP contribution in [0.4, 0.5) is 0 Å². The molecule has 3 aromatic carbocycles. The van der Waals surface area contributed by atoms with Gasteiger partial charge in [-0.25, -0.2) is 4.83 Å². The highest BCUT2D eigenvalue weighted by Crippen LogP contribution is 2.55. The topological polar surface area (TPSA) is 50.1 Å². The number of unbranched alkanes of at least 4 members (excludes halogenated alkanes) is 3. The number of benzene rings is 3. The molecule has 0 amide bonds. The Balaban J connectivity index is 1.77. The van der Waals surface area contributed by atoms with E-state index in [9.17, 15) is 0 Å². The number of hydrogen-bond donors (Lipinski definition) is 3. The molecule has 0 atom stereocenters. The highest BCUT2D eigenvalue weighted by molar-refractivity contribution is 7.97. The molecule has 0 aliphatic heterocycles. The van der Waals surface area contributed by atoms with E-state index < -0.39 is 7.26 Å². The molecule has 3 aromatic rings. The first-order chi connectivity index (χ1) is 14.9. The van der Waals surface area contributed by atoms with Crippen molar-refractivity contribution in [2.24, 2.45) is 5.84 Å². The second-order valence-corrected chi connectivity index (χ2v) is 11.8. The Morgan fingerprint density at radius 2 is 1.10 bits per heavy atom. The summed E-state index contributed by atoms with van der Waals surface area (Å²) < 4.78 is 0. The fraction of sp³-hybridized carbons (Fsp3) is 0.280. The number of nitrogens with one attached hydrogen (secondary N) is 2. The van der Waals surface area contributed by atoms with E-state index in [-0.39, 0.29) is 0 Å². The molecular formula is C25H33N3PS+. The first-order valence-electron chi connectivity index (χ1n) is 10.7. The SMILES string of the molecule is NNSCNCCCCCC[P+](c1ccccc1)(c1ccccc1)c1ccccc1. The molecule has 0 aromatic heterocycles. The van der Waals surface area contributed by atoms with Gasteiger partial charge in [0.25, 0.3) is 0 Å². The van der Waals surface area contributed by atoms with Gasteiger partial charge in [0.2, 0.25) is 0 Å². The van der Waals surface area contributed by atoms with Crippen molar-refractivity contribution in [3.05, 3.63) is 91.0 Å². The summed E-state index contributed by atoms with van der Waals surface area (Å²) in [6.45, 7) is 1.05. The predicted molar refractivity (Wildman–Crippen MR) is 136 cm³/mol. The van der Waals surface area contributed by atoms with Crippen molar-refractivity contribution in [2.45, 2.75) is 25.7 Å². The van der Waals surface area contributed by atoms with Gasteiger partial charge in [-0.2, -0.15) is 0 Å². The van der Waals surface area contributed by atoms with E-state index in [2.05, 4.69) is 101 Å². The van der Waals surface area contributed by atoms with Gasteiger partial charge in [-0.05, 0) is 62.2 Å². The summed E-state index contributed by atoms with van der Waals surface area (Å²) >= 11 is 1.49. The van der Waals surface area contributed by atoms with Crippen LogP contribution < -0.4 is 31.9 Å². The average Bonchev–Trinajstić information content (AvgIpc) is 2.82. The summed E-state index contributed by atoms with van der Waals surface area (Å²) in [5.74, 6) is 6.12. The van der Waals surface area contributed by atoms with Crippen molar-refractivity contribution in [3.63, 3.8) is 0 Å². The minimum absolute atomic E-state index is 0.848. The Labute approximate surface area is 186 Å². The number of rotatable bonds is 13. The molecular weight excluding hydrogens is 405 g/mol. The summed E-state index contributed by atoms with van der Waals surface area (Å²) in [4.78, 5) is 2.60. The van der Waals surface area contributed by atoms with E-state index in [1.165, 1.54) is 59.7 Å². The predicted octanol–water partition coefficient (Wildman–Crippen LogP) is 4.20. The Hall–Kier alpha value is -1.68. The van der Waals surface area contributed by atoms with Crippen LogP contribution in [-0.2, 0) is 0 Å². The lowest BCUT2D eigenvalue weighted by molar-refractivity contribution is 0.630. The molecule has 0 fully saturated rings. The molecule has 0 bridgehead atoms. The standard InChI is InChI=1S/C25H33N3PS/c26-28-30-22-27-20-12-1-2-13-21-29(23-14-6-3-7-15-23,24-16-8-4-9-17-24)25-18-10-5-11-19-25/h3-11,14-19,27-28H,1-2,12-13,20-22,26H2/q+1. The summed E-state index contributed by atoms with van der Waals surface area (Å²) in [5.41, 5.74) is 0. The van der Waals surface area contributed by atoms with E-state index in [1.54, 1.807) is 0 Å². The molecule has 0 saturated heterocycles. The molecule has 0 saturated carbocycles. The molecule has 0 aliphatic carbocycles. The first-order valence-corrected chi connectivity index (χ1v) is 13.7. The quantitative estimate of drug-likeness (QED) is 0.0935. The zero-order valence-electron chi connectivity index (χ0n) is 17.5. The molecule has 0 heterocycles. The minimum atomic E-state index is -1.66. The van der Waals surface area contributed by atoms with Gasteiger partial charge in [-0.15, -0.1) is 0 Å². The van der Waals surface area contributed by atoms with Crippen LogP contribution in [0.5, 0.6) is 0 Å². The van der Waals surface area contributed by atoms with Gasteiger partial charge in [-0.3, -0.25) is 5.84 Å². The molecule has 3 rings (SSSR count). The first kappa shape index (κ1) is 23.0. The van der Waals surface area contributed by atoms with Gasteiger partial charge < -0.3 is 5.32 Å². The van der Waals surface area contributed by atoms with Gasteiger partial charge in [0.1, 0.15) is 23.2 Å². The third kappa shape index (κ3) is 6.16. The Kier molecular flexibility index (Phi) is 9.88. The zero-order chi connectivity index (χ0) is 20.9. The fourth-order valence-electron chi connectivity index (χ4n) is 4.00. The second-order valence-electron chi connectivity index (χ2n) is 7.36. The molecule has 4 N–H and O–H groups in total. The molecule has 0 radical (unpaired) electrons. The van der Waals surface area contributed by atoms with Crippen LogP contribution >= 0.6 is 19.2 Å². The van der Waals surface area contributed by atoms with Crippen molar-refractivity contribution in [1.82, 2.24) is 10.1 Å². The monoisotopic (exact) mass is 438 g/mol. The summed E-state index contributed by atoms with van der Waals surface area (Å²) in [6, 6.07) is 33.5. The normalized spacial score (nSPS) is 11.5. The number of nitrogens with two attached hydrogens (primary N) is 1. The zero-order valence-corrected chi connectivity index (χ0v) is 19.3. The Morgan fingerprint density at radius 3 is 1.57 bits per heavy atom. The van der Waals surface area contributed by atoms with E-state index in [0.29, 0.717) is 0 Å². The third-order valence-corrected chi connectivity index (χ3v) is 10.5. The number of hydrogen-bond acceptors (Lipinski definition) is 4. The van der Waals surface area contributed by atoms with Gasteiger partial charge in [0.15, 0.2) is 0 Å². The van der Waals surface area contributed by atoms with E-state index in [4.69, 9.17) is 5.84 Å². The second kappa shape index (κ2) is 12.9. The maximum Gasteiger partial charge on any atom is 0.112 e. The smallest absolute Gasteiger partial charge is 0.112 e. The van der Waals surface area contributed by atoms with Crippen LogP contribution in [0, 0.1) is 0 Å². The fourth-order valence-corrected chi connectivity index (χ4v) is 8.74. The van der Waals surface area contributed by atoms with Crippen LogP contribution in [0.2, 0.25) is 0 Å². The van der Waals surface area contributed by atoms with Gasteiger partial charge >= 0.3 is 0 Å². The van der Waals surface area contributed by atoms with Crippen molar-refractivity contribution in [2.75, 3.05) is 18.6 Å². The lowest BCUT2D eigenvalue weighted by Gasteiger charge is -2.27. The molecule has 5 heteroatoms. The summed E-state index contributed by atoms with van der Waals surface area (Å²) in [5, 5.41) is 7.84. The molecule has 0 spiro atoms. The van der Waals surface area contributed by atoms with Gasteiger partial charge in [0, 0.05) is 0 Å². The van der Waals surface area contributed by atoms with E-state index in [1.807, 2.05) is 0 Å². The summed E-state index contributed by atoms with van der Waals surface area (Å²) in [7, 11) is -1.66. The van der Waals surface area contributed by atoms with Crippen molar-refractivity contribution >= 4 is 35.1 Å². The molecule has 0 unspecified atom stereocenters. The molecule has 158 valence electrons. The lowest BCUT2D eigenvalue weighted by Crippen LogP contribution is -2.33. The van der Waals surface area contributed by atoms with Crippen molar-refractivity contribution in [3.8, 4) is 0 Å². The molecule has 0 aliphatic rings. The van der Waals surface area contributed by atoms with Gasteiger partial charge in [-0.1, -0.05) is 73.0 Å². The maximum atomic E-state index is 5.27. The van der Waals surface area contributed by atoms with Crippen LogP contribution in [0.15, 0.2) is 91.0 Å². The van der Waals surface area contributed by atoms with Crippen molar-refractivity contribution in [1.29, 1.82) is 0 Å². The number of hydrazine groups is 1. The minimum Gasteiger partial charge on any atom is -0.307 e. The van der Waals surface area contributed by atoms with Crippen LogP contribution in [0.3, 0.4) is 0 Å². The molecule has 3 nitrogen and oxygen atoms in total. The summed E-state index contributed by atoms with van der Waals surface area (Å²) in [6.07, 6.45) is 6.18. The molecule has 30 heavy (non-hydrogen) atoms. The van der Waals surface area contributed by atoms with Crippen molar-refractivity contribution < 1.29 is 0 Å². The highest BCUT2D eigenvalue weighted by Gasteiger charge is 2.44. The van der Waals surface area contributed by atoms with E-state index in [0.717, 1.165) is 12.4 Å². The van der Waals surface area contributed by atoms with Gasteiger partial charge in [0.05, 0.1) is 12.0 Å².